The van der Waals surface area contributed by atoms with Crippen molar-refractivity contribution in [1.29, 1.82) is 0 Å². The lowest BCUT2D eigenvalue weighted by atomic mass is 9.92. The fraction of sp³-hybridized carbons (Fsp3) is 0. The molecule has 0 fully saturated rings. The van der Waals surface area contributed by atoms with Gasteiger partial charge in [-0.1, -0.05) is 182 Å². The molecule has 0 N–H and O–H groups in total. The van der Waals surface area contributed by atoms with Gasteiger partial charge in [0.25, 0.3) is 0 Å². The second-order valence-corrected chi connectivity index (χ2v) is 14.1. The lowest BCUT2D eigenvalue weighted by molar-refractivity contribution is 1.28. The van der Waals surface area contributed by atoms with Crippen molar-refractivity contribution in [3.8, 4) is 44.5 Å². The molecule has 0 bridgehead atoms. The van der Waals surface area contributed by atoms with E-state index in [1.165, 1.54) is 76.8 Å². The molecule has 10 rings (SSSR count). The molecule has 0 heterocycles. The molecule has 0 aliphatic heterocycles. The quantitative estimate of drug-likeness (QED) is 0.150. The minimum absolute atomic E-state index is 1.09. The number of hydrogen-bond donors (Lipinski definition) is 0. The van der Waals surface area contributed by atoms with Crippen molar-refractivity contribution >= 4 is 49.4 Å². The number of fused-ring (bicyclic) bond motifs is 4. The summed E-state index contributed by atoms with van der Waals surface area (Å²) >= 11 is 0. The Kier molecular flexibility index (Phi) is 8.24. The van der Waals surface area contributed by atoms with Crippen LogP contribution < -0.4 is 4.90 Å². The number of nitrogens with zero attached hydrogens (tertiary/aromatic N) is 1. The van der Waals surface area contributed by atoms with Crippen molar-refractivity contribution in [1.82, 2.24) is 0 Å². The zero-order valence-corrected chi connectivity index (χ0v) is 30.3. The van der Waals surface area contributed by atoms with Gasteiger partial charge in [-0.2, -0.15) is 0 Å². The molecule has 0 aliphatic carbocycles. The maximum absolute atomic E-state index is 2.41. The smallest absolute Gasteiger partial charge is 0.0540 e. The van der Waals surface area contributed by atoms with E-state index >= 15 is 0 Å². The summed E-state index contributed by atoms with van der Waals surface area (Å²) in [6.07, 6.45) is 0. The summed E-state index contributed by atoms with van der Waals surface area (Å²) in [5.41, 5.74) is 12.9. The van der Waals surface area contributed by atoms with Crippen molar-refractivity contribution in [2.24, 2.45) is 0 Å². The topological polar surface area (TPSA) is 3.24 Å². The Labute approximate surface area is 322 Å². The molecule has 0 aromatic heterocycles. The summed E-state index contributed by atoms with van der Waals surface area (Å²) in [7, 11) is 0. The average Bonchev–Trinajstić information content (AvgIpc) is 3.27. The van der Waals surface area contributed by atoms with Gasteiger partial charge < -0.3 is 4.90 Å². The molecule has 0 saturated carbocycles. The van der Waals surface area contributed by atoms with Crippen LogP contribution in [0.3, 0.4) is 0 Å². The highest BCUT2D eigenvalue weighted by Crippen LogP contribution is 2.45. The lowest BCUT2D eigenvalue weighted by Crippen LogP contribution is -2.11. The molecule has 0 spiro atoms. The standard InChI is InChI=1S/C54H37N/c1-3-14-38(15-4-1)39-26-31-45(32-27-39)55(46-33-28-42(29-34-46)52-36-43-19-8-10-22-49(43)50-23-11-12-24-51(50)52)54-35-30-44(37-53(54)41-16-5-2-6-17-41)48-25-13-20-40-18-7-9-21-47(40)48/h1-37H. The molecule has 0 atom stereocenters. The van der Waals surface area contributed by atoms with E-state index in [9.17, 15) is 0 Å². The summed E-state index contributed by atoms with van der Waals surface area (Å²) < 4.78 is 0. The molecule has 0 saturated heterocycles. The zero-order valence-electron chi connectivity index (χ0n) is 30.3. The molecule has 0 amide bonds. The normalized spacial score (nSPS) is 11.3. The van der Waals surface area contributed by atoms with E-state index in [0.717, 1.165) is 17.1 Å². The third-order valence-electron chi connectivity index (χ3n) is 10.9. The van der Waals surface area contributed by atoms with Crippen LogP contribution >= 0.6 is 0 Å². The van der Waals surface area contributed by atoms with E-state index in [1.54, 1.807) is 0 Å². The van der Waals surface area contributed by atoms with Crippen LogP contribution in [0.25, 0.3) is 76.8 Å². The van der Waals surface area contributed by atoms with Crippen molar-refractivity contribution in [3.05, 3.63) is 224 Å². The molecule has 0 unspecified atom stereocenters. The summed E-state index contributed by atoms with van der Waals surface area (Å²) in [6, 6.07) is 81.5. The van der Waals surface area contributed by atoms with Crippen LogP contribution in [0, 0.1) is 0 Å². The summed E-state index contributed by atoms with van der Waals surface area (Å²) in [5, 5.41) is 7.56. The number of rotatable bonds is 7. The van der Waals surface area contributed by atoms with Gasteiger partial charge in [0.05, 0.1) is 5.69 Å². The Morgan fingerprint density at radius 1 is 0.236 bits per heavy atom. The molecule has 10 aromatic carbocycles. The van der Waals surface area contributed by atoms with Crippen LogP contribution in [-0.2, 0) is 0 Å². The van der Waals surface area contributed by atoms with Crippen LogP contribution in [0.5, 0.6) is 0 Å². The fourth-order valence-corrected chi connectivity index (χ4v) is 8.17. The molecular formula is C54H37N. The maximum Gasteiger partial charge on any atom is 0.0540 e. The van der Waals surface area contributed by atoms with Crippen molar-refractivity contribution < 1.29 is 0 Å². The Morgan fingerprint density at radius 2 is 0.727 bits per heavy atom. The first kappa shape index (κ1) is 32.4. The highest BCUT2D eigenvalue weighted by Gasteiger charge is 2.20. The van der Waals surface area contributed by atoms with Crippen LogP contribution in [0.15, 0.2) is 224 Å². The highest BCUT2D eigenvalue weighted by molar-refractivity contribution is 6.13. The van der Waals surface area contributed by atoms with Gasteiger partial charge in [-0.3, -0.25) is 0 Å². The second-order valence-electron chi connectivity index (χ2n) is 14.1. The van der Waals surface area contributed by atoms with Crippen LogP contribution in [0.2, 0.25) is 0 Å². The second kappa shape index (κ2) is 14.0. The van der Waals surface area contributed by atoms with Gasteiger partial charge in [0, 0.05) is 16.9 Å². The molecule has 1 nitrogen and oxygen atoms in total. The van der Waals surface area contributed by atoms with E-state index in [-0.39, 0.29) is 0 Å². The Balaban J connectivity index is 1.15. The van der Waals surface area contributed by atoms with Gasteiger partial charge in [-0.05, 0) is 114 Å². The first-order valence-electron chi connectivity index (χ1n) is 18.9. The minimum Gasteiger partial charge on any atom is -0.310 e. The van der Waals surface area contributed by atoms with Gasteiger partial charge >= 0.3 is 0 Å². The van der Waals surface area contributed by atoms with Gasteiger partial charge in [-0.15, -0.1) is 0 Å². The third kappa shape index (κ3) is 6.02. The number of anilines is 3. The average molecular weight is 700 g/mol. The number of hydrogen-bond acceptors (Lipinski definition) is 1. The first-order valence-corrected chi connectivity index (χ1v) is 18.9. The summed E-state index contributed by atoms with van der Waals surface area (Å²) in [6.45, 7) is 0. The third-order valence-corrected chi connectivity index (χ3v) is 10.9. The predicted octanol–water partition coefficient (Wildman–Crippen LogP) is 15.3. The number of benzene rings is 10. The van der Waals surface area contributed by atoms with Crippen LogP contribution in [-0.4, -0.2) is 0 Å². The van der Waals surface area contributed by atoms with E-state index in [0.29, 0.717) is 0 Å². The SMILES string of the molecule is c1ccc(-c2ccc(N(c3ccc(-c4cc5ccccc5c5ccccc45)cc3)c3ccc(-c4cccc5ccccc45)cc3-c3ccccc3)cc2)cc1. The molecule has 258 valence electrons. The van der Waals surface area contributed by atoms with E-state index in [2.05, 4.69) is 229 Å². The summed E-state index contributed by atoms with van der Waals surface area (Å²) in [5.74, 6) is 0. The molecule has 1 heteroatoms. The molecule has 0 aliphatic rings. The Morgan fingerprint density at radius 3 is 1.44 bits per heavy atom. The van der Waals surface area contributed by atoms with Crippen LogP contribution in [0.4, 0.5) is 17.1 Å². The first-order chi connectivity index (χ1) is 27.3. The van der Waals surface area contributed by atoms with Crippen LogP contribution in [0.1, 0.15) is 0 Å². The van der Waals surface area contributed by atoms with E-state index in [4.69, 9.17) is 0 Å². The predicted molar refractivity (Wildman–Crippen MR) is 235 cm³/mol. The Hall–Kier alpha value is -7.22. The zero-order chi connectivity index (χ0) is 36.6. The van der Waals surface area contributed by atoms with Gasteiger partial charge in [0.2, 0.25) is 0 Å². The summed E-state index contributed by atoms with van der Waals surface area (Å²) in [4.78, 5) is 2.41. The van der Waals surface area contributed by atoms with Gasteiger partial charge in [0.1, 0.15) is 0 Å². The van der Waals surface area contributed by atoms with Gasteiger partial charge in [0.15, 0.2) is 0 Å². The monoisotopic (exact) mass is 699 g/mol. The Bertz CT molecular complexity index is 2940. The highest BCUT2D eigenvalue weighted by atomic mass is 15.1. The molecular weight excluding hydrogens is 663 g/mol. The molecule has 55 heavy (non-hydrogen) atoms. The van der Waals surface area contributed by atoms with Crippen molar-refractivity contribution in [3.63, 3.8) is 0 Å². The fourth-order valence-electron chi connectivity index (χ4n) is 8.17. The maximum atomic E-state index is 2.41. The largest absolute Gasteiger partial charge is 0.310 e. The lowest BCUT2D eigenvalue weighted by Gasteiger charge is -2.29. The minimum atomic E-state index is 1.09. The van der Waals surface area contributed by atoms with Gasteiger partial charge in [-0.25, -0.2) is 0 Å². The van der Waals surface area contributed by atoms with E-state index < -0.39 is 0 Å². The van der Waals surface area contributed by atoms with Crippen molar-refractivity contribution in [2.45, 2.75) is 0 Å². The van der Waals surface area contributed by atoms with Crippen molar-refractivity contribution in [2.75, 3.05) is 4.90 Å². The van der Waals surface area contributed by atoms with E-state index in [1.807, 2.05) is 0 Å². The molecule has 0 radical (unpaired) electrons. The molecule has 10 aromatic rings.